The first-order valence-corrected chi connectivity index (χ1v) is 8.54. The fourth-order valence-electron chi connectivity index (χ4n) is 3.39. The minimum Gasteiger partial charge on any atom is -0.493 e. The summed E-state index contributed by atoms with van der Waals surface area (Å²) in [7, 11) is 2.99. The van der Waals surface area contributed by atoms with E-state index in [1.165, 1.54) is 38.5 Å². The topological polar surface area (TPSA) is 121 Å². The highest BCUT2D eigenvalue weighted by atomic mass is 16.7. The summed E-state index contributed by atoms with van der Waals surface area (Å²) >= 11 is 0. The van der Waals surface area contributed by atoms with E-state index < -0.39 is 28.8 Å². The van der Waals surface area contributed by atoms with E-state index in [4.69, 9.17) is 14.3 Å². The molecular formula is C19H15N3O7. The molecule has 1 fully saturated rings. The zero-order valence-electron chi connectivity index (χ0n) is 15.4. The van der Waals surface area contributed by atoms with E-state index in [2.05, 4.69) is 5.16 Å². The average Bonchev–Trinajstić information content (AvgIpc) is 3.27. The Labute approximate surface area is 164 Å². The summed E-state index contributed by atoms with van der Waals surface area (Å²) in [6.07, 6.45) is -1.08. The number of hydrogen-bond donors (Lipinski definition) is 0. The molecule has 0 aromatic heterocycles. The summed E-state index contributed by atoms with van der Waals surface area (Å²) in [5.41, 5.74) is 0.952. The van der Waals surface area contributed by atoms with Crippen molar-refractivity contribution in [3.05, 3.63) is 58.1 Å². The van der Waals surface area contributed by atoms with Crippen molar-refractivity contribution in [3.8, 4) is 11.5 Å². The molecule has 0 aliphatic carbocycles. The van der Waals surface area contributed by atoms with E-state index in [9.17, 15) is 19.7 Å². The van der Waals surface area contributed by atoms with Crippen molar-refractivity contribution in [1.29, 1.82) is 0 Å². The monoisotopic (exact) mass is 397 g/mol. The molecule has 0 N–H and O–H groups in total. The number of amides is 2. The largest absolute Gasteiger partial charge is 0.493 e. The molecule has 2 heterocycles. The molecule has 0 radical (unpaired) electrons. The summed E-state index contributed by atoms with van der Waals surface area (Å²) in [5, 5.41) is 14.8. The van der Waals surface area contributed by atoms with Crippen LogP contribution in [0.1, 0.15) is 5.56 Å². The van der Waals surface area contributed by atoms with Crippen molar-refractivity contribution in [1.82, 2.24) is 0 Å². The molecule has 2 amide bonds. The maximum Gasteiger partial charge on any atom is 0.278 e. The number of oxime groups is 1. The van der Waals surface area contributed by atoms with Crippen LogP contribution in [0, 0.1) is 16.0 Å². The van der Waals surface area contributed by atoms with Crippen LogP contribution in [0.15, 0.2) is 47.6 Å². The van der Waals surface area contributed by atoms with E-state index in [1.54, 1.807) is 18.2 Å². The van der Waals surface area contributed by atoms with Crippen LogP contribution in [0.3, 0.4) is 0 Å². The van der Waals surface area contributed by atoms with Gasteiger partial charge in [0.05, 0.1) is 24.8 Å². The summed E-state index contributed by atoms with van der Waals surface area (Å²) in [6.45, 7) is 0. The number of fused-ring (bicyclic) bond motifs is 1. The molecule has 2 aromatic carbocycles. The second-order valence-electron chi connectivity index (χ2n) is 6.34. The molecule has 10 nitrogen and oxygen atoms in total. The number of methoxy groups -OCH3 is 2. The van der Waals surface area contributed by atoms with Gasteiger partial charge in [0, 0.05) is 17.7 Å². The smallest absolute Gasteiger partial charge is 0.278 e. The Morgan fingerprint density at radius 2 is 1.72 bits per heavy atom. The van der Waals surface area contributed by atoms with Crippen LogP contribution in [0.25, 0.3) is 0 Å². The van der Waals surface area contributed by atoms with Gasteiger partial charge in [0.15, 0.2) is 11.5 Å². The van der Waals surface area contributed by atoms with Gasteiger partial charge in [-0.15, -0.1) is 0 Å². The molecule has 29 heavy (non-hydrogen) atoms. The van der Waals surface area contributed by atoms with Gasteiger partial charge in [-0.1, -0.05) is 5.16 Å². The number of nitrogens with zero attached hydrogens (tertiary/aromatic N) is 3. The highest BCUT2D eigenvalue weighted by Gasteiger charge is 2.56. The fourth-order valence-corrected chi connectivity index (χ4v) is 3.39. The van der Waals surface area contributed by atoms with Crippen LogP contribution in [-0.4, -0.2) is 42.8 Å². The lowest BCUT2D eigenvalue weighted by molar-refractivity contribution is -0.384. The zero-order valence-corrected chi connectivity index (χ0v) is 15.4. The molecule has 0 saturated carbocycles. The lowest BCUT2D eigenvalue weighted by Gasteiger charge is -2.15. The third-order valence-corrected chi connectivity index (χ3v) is 4.81. The van der Waals surface area contributed by atoms with Gasteiger partial charge in [0.2, 0.25) is 12.0 Å². The lowest BCUT2D eigenvalue weighted by atomic mass is 9.94. The summed E-state index contributed by atoms with van der Waals surface area (Å²) in [6, 6.07) is 10.2. The minimum absolute atomic E-state index is 0.142. The Kier molecular flexibility index (Phi) is 4.38. The molecule has 2 aliphatic rings. The summed E-state index contributed by atoms with van der Waals surface area (Å²) < 4.78 is 10.5. The molecule has 10 heteroatoms. The number of nitro groups is 1. The van der Waals surface area contributed by atoms with Gasteiger partial charge in [-0.3, -0.25) is 19.7 Å². The van der Waals surface area contributed by atoms with Gasteiger partial charge in [0.25, 0.3) is 11.6 Å². The van der Waals surface area contributed by atoms with Crippen molar-refractivity contribution >= 4 is 28.9 Å². The number of imide groups is 1. The third-order valence-electron chi connectivity index (χ3n) is 4.81. The van der Waals surface area contributed by atoms with Crippen LogP contribution < -0.4 is 14.4 Å². The van der Waals surface area contributed by atoms with Gasteiger partial charge in [0.1, 0.15) is 11.6 Å². The van der Waals surface area contributed by atoms with Gasteiger partial charge < -0.3 is 14.3 Å². The standard InChI is InChI=1S/C19H15N3O7/c1-27-13-8-3-10(9-14(13)28-2)16-15-17(29-20-16)19(24)21(18(15)23)11-4-6-12(7-5-11)22(25)26/h3-9,15,17H,1-2H3. The number of non-ortho nitro benzene ring substituents is 1. The number of anilines is 1. The Bertz CT molecular complexity index is 1050. The van der Waals surface area contributed by atoms with Crippen LogP contribution in [-0.2, 0) is 14.4 Å². The SMILES string of the molecule is COc1ccc(C2=NOC3C(=O)N(c4ccc([N+](=O)[O-])cc4)C(=O)C23)cc1OC. The highest BCUT2D eigenvalue weighted by molar-refractivity contribution is 6.32. The van der Waals surface area contributed by atoms with Crippen LogP contribution in [0.5, 0.6) is 11.5 Å². The van der Waals surface area contributed by atoms with Gasteiger partial charge in [-0.25, -0.2) is 4.90 Å². The number of rotatable bonds is 5. The molecular weight excluding hydrogens is 382 g/mol. The molecule has 4 rings (SSSR count). The third kappa shape index (κ3) is 2.85. The first kappa shape index (κ1) is 18.4. The lowest BCUT2D eigenvalue weighted by Crippen LogP contribution is -2.33. The van der Waals surface area contributed by atoms with Gasteiger partial charge >= 0.3 is 0 Å². The maximum absolute atomic E-state index is 13.0. The molecule has 2 unspecified atom stereocenters. The fraction of sp³-hybridized carbons (Fsp3) is 0.211. The number of hydrogen-bond acceptors (Lipinski definition) is 8. The Hall–Kier alpha value is -3.95. The Morgan fingerprint density at radius 1 is 1.03 bits per heavy atom. The normalized spacial score (nSPS) is 20.2. The van der Waals surface area contributed by atoms with Crippen molar-refractivity contribution in [2.24, 2.45) is 11.1 Å². The Morgan fingerprint density at radius 3 is 2.34 bits per heavy atom. The van der Waals surface area contributed by atoms with Gasteiger partial charge in [-0.2, -0.15) is 0 Å². The van der Waals surface area contributed by atoms with Crippen molar-refractivity contribution in [2.45, 2.75) is 6.10 Å². The van der Waals surface area contributed by atoms with E-state index in [1.807, 2.05) is 0 Å². The molecule has 1 saturated heterocycles. The quantitative estimate of drug-likeness (QED) is 0.429. The molecule has 2 aromatic rings. The number of carbonyl (C=O) groups is 2. The minimum atomic E-state index is -1.08. The highest BCUT2D eigenvalue weighted by Crippen LogP contribution is 2.37. The second kappa shape index (κ2) is 6.89. The summed E-state index contributed by atoms with van der Waals surface area (Å²) in [5.74, 6) is -1.06. The van der Waals surface area contributed by atoms with Crippen molar-refractivity contribution < 1.29 is 28.8 Å². The zero-order chi connectivity index (χ0) is 20.7. The summed E-state index contributed by atoms with van der Waals surface area (Å²) in [4.78, 5) is 42.3. The molecule has 0 bridgehead atoms. The Balaban J connectivity index is 1.66. The maximum atomic E-state index is 13.0. The van der Waals surface area contributed by atoms with E-state index >= 15 is 0 Å². The first-order valence-electron chi connectivity index (χ1n) is 8.54. The number of ether oxygens (including phenoxy) is 2. The average molecular weight is 397 g/mol. The van der Waals surface area contributed by atoms with Crippen molar-refractivity contribution in [2.75, 3.05) is 19.1 Å². The number of nitro benzene ring substituents is 1. The van der Waals surface area contributed by atoms with Crippen molar-refractivity contribution in [3.63, 3.8) is 0 Å². The van der Waals surface area contributed by atoms with Crippen LogP contribution >= 0.6 is 0 Å². The van der Waals surface area contributed by atoms with Crippen LogP contribution in [0.4, 0.5) is 11.4 Å². The van der Waals surface area contributed by atoms with Gasteiger partial charge in [-0.05, 0) is 30.3 Å². The molecule has 0 spiro atoms. The predicted molar refractivity (Wildman–Crippen MR) is 100 cm³/mol. The predicted octanol–water partition coefficient (Wildman–Crippen LogP) is 1.90. The first-order chi connectivity index (χ1) is 14.0. The van der Waals surface area contributed by atoms with E-state index in [-0.39, 0.29) is 11.4 Å². The molecule has 2 aliphatic heterocycles. The van der Waals surface area contributed by atoms with Crippen LogP contribution in [0.2, 0.25) is 0 Å². The molecule has 148 valence electrons. The van der Waals surface area contributed by atoms with E-state index in [0.717, 1.165) is 4.90 Å². The number of carbonyl (C=O) groups excluding carboxylic acids is 2. The number of benzene rings is 2. The molecule has 2 atom stereocenters. The second-order valence-corrected chi connectivity index (χ2v) is 6.34. The van der Waals surface area contributed by atoms with E-state index in [0.29, 0.717) is 22.8 Å².